The van der Waals surface area contributed by atoms with E-state index >= 15 is 0 Å². The fraction of sp³-hybridized carbons (Fsp3) is 0.381. The van der Waals surface area contributed by atoms with E-state index in [9.17, 15) is 14.7 Å². The van der Waals surface area contributed by atoms with Gasteiger partial charge < -0.3 is 14.9 Å². The topological polar surface area (TPSA) is 127 Å². The molecule has 1 aromatic carbocycles. The minimum Gasteiger partial charge on any atom is -0.477 e. The van der Waals surface area contributed by atoms with Crippen LogP contribution in [0.2, 0.25) is 0 Å². The Morgan fingerprint density at radius 2 is 2.10 bits per heavy atom. The molecule has 2 N–H and O–H groups in total. The second-order valence-corrected chi connectivity index (χ2v) is 7.55. The van der Waals surface area contributed by atoms with Gasteiger partial charge in [0.1, 0.15) is 11.2 Å². The fourth-order valence-corrected chi connectivity index (χ4v) is 3.79. The standard InChI is InChI=1S/C21H22N4O5/c1-11-12(2)19-15(8-14(11)7-13-3-4-16(21(28)29)22-9-13)20(27)25(24-23-19)17-5-6-30-10-18(17)26/h3-4,8-9,17-18,26H,5-7,10H2,1-2H3,(H,28,29)/t17-,18-/m0/s1. The van der Waals surface area contributed by atoms with Gasteiger partial charge in [-0.1, -0.05) is 11.3 Å². The number of aliphatic hydroxyl groups excluding tert-OH is 1. The maximum atomic E-state index is 13.2. The summed E-state index contributed by atoms with van der Waals surface area (Å²) in [4.78, 5) is 28.2. The van der Waals surface area contributed by atoms with Gasteiger partial charge in [-0.05, 0) is 61.1 Å². The highest BCUT2D eigenvalue weighted by molar-refractivity contribution is 5.85. The van der Waals surface area contributed by atoms with Crippen LogP contribution in [0.4, 0.5) is 0 Å². The smallest absolute Gasteiger partial charge is 0.354 e. The average Bonchev–Trinajstić information content (AvgIpc) is 2.73. The Morgan fingerprint density at radius 3 is 2.77 bits per heavy atom. The van der Waals surface area contributed by atoms with E-state index in [0.717, 1.165) is 22.3 Å². The molecule has 0 unspecified atom stereocenters. The average molecular weight is 410 g/mol. The maximum absolute atomic E-state index is 13.2. The van der Waals surface area contributed by atoms with Gasteiger partial charge in [0, 0.05) is 12.8 Å². The monoisotopic (exact) mass is 410 g/mol. The summed E-state index contributed by atoms with van der Waals surface area (Å²) in [5, 5.41) is 28.0. The molecule has 1 aliphatic heterocycles. The van der Waals surface area contributed by atoms with Crippen LogP contribution in [0.3, 0.4) is 0 Å². The molecule has 0 spiro atoms. The fourth-order valence-electron chi connectivity index (χ4n) is 3.79. The van der Waals surface area contributed by atoms with Crippen LogP contribution < -0.4 is 5.56 Å². The van der Waals surface area contributed by atoms with Crippen molar-refractivity contribution in [3.63, 3.8) is 0 Å². The lowest BCUT2D eigenvalue weighted by molar-refractivity contribution is -0.0434. The van der Waals surface area contributed by atoms with Crippen LogP contribution in [-0.4, -0.2) is 55.5 Å². The van der Waals surface area contributed by atoms with Gasteiger partial charge in [0.2, 0.25) is 0 Å². The van der Waals surface area contributed by atoms with Crippen molar-refractivity contribution in [2.75, 3.05) is 13.2 Å². The van der Waals surface area contributed by atoms with Gasteiger partial charge in [-0.25, -0.2) is 14.5 Å². The van der Waals surface area contributed by atoms with Crippen molar-refractivity contribution in [1.82, 2.24) is 20.0 Å². The Balaban J connectivity index is 1.77. The molecule has 1 saturated heterocycles. The number of fused-ring (bicyclic) bond motifs is 1. The molecule has 156 valence electrons. The summed E-state index contributed by atoms with van der Waals surface area (Å²) >= 11 is 0. The highest BCUT2D eigenvalue weighted by Gasteiger charge is 2.28. The van der Waals surface area contributed by atoms with Crippen molar-refractivity contribution in [2.45, 2.75) is 38.8 Å². The number of hydrogen-bond acceptors (Lipinski definition) is 7. The van der Waals surface area contributed by atoms with Crippen molar-refractivity contribution < 1.29 is 19.7 Å². The largest absolute Gasteiger partial charge is 0.477 e. The van der Waals surface area contributed by atoms with Crippen LogP contribution in [-0.2, 0) is 11.2 Å². The Hall–Kier alpha value is -3.17. The van der Waals surface area contributed by atoms with Crippen molar-refractivity contribution in [3.8, 4) is 0 Å². The first-order valence-electron chi connectivity index (χ1n) is 9.69. The van der Waals surface area contributed by atoms with Gasteiger partial charge in [0.15, 0.2) is 0 Å². The van der Waals surface area contributed by atoms with E-state index in [1.165, 1.54) is 16.9 Å². The third-order valence-corrected chi connectivity index (χ3v) is 5.70. The summed E-state index contributed by atoms with van der Waals surface area (Å²) in [6.07, 6.45) is 1.70. The number of aryl methyl sites for hydroxylation is 1. The molecule has 3 heterocycles. The number of pyridine rings is 1. The molecule has 0 bridgehead atoms. The third-order valence-electron chi connectivity index (χ3n) is 5.70. The molecule has 2 atom stereocenters. The zero-order valence-corrected chi connectivity index (χ0v) is 16.7. The van der Waals surface area contributed by atoms with Gasteiger partial charge in [0.25, 0.3) is 5.56 Å². The van der Waals surface area contributed by atoms with Gasteiger partial charge in [-0.15, -0.1) is 5.10 Å². The first-order valence-corrected chi connectivity index (χ1v) is 9.69. The predicted molar refractivity (Wildman–Crippen MR) is 108 cm³/mol. The number of carbonyl (C=O) groups is 1. The number of hydrogen-bond donors (Lipinski definition) is 2. The number of carboxylic acid groups (broad SMARTS) is 1. The lowest BCUT2D eigenvalue weighted by atomic mass is 9.95. The molecule has 1 aliphatic rings. The van der Waals surface area contributed by atoms with Crippen LogP contribution in [0.1, 0.15) is 45.2 Å². The molecular weight excluding hydrogens is 388 g/mol. The van der Waals surface area contributed by atoms with E-state index in [0.29, 0.717) is 30.4 Å². The first-order chi connectivity index (χ1) is 14.4. The molecule has 9 nitrogen and oxygen atoms in total. The Morgan fingerprint density at radius 1 is 1.30 bits per heavy atom. The van der Waals surface area contributed by atoms with Gasteiger partial charge in [0.05, 0.1) is 24.1 Å². The molecule has 9 heteroatoms. The zero-order valence-electron chi connectivity index (χ0n) is 16.7. The van der Waals surface area contributed by atoms with E-state index in [4.69, 9.17) is 9.84 Å². The highest BCUT2D eigenvalue weighted by Crippen LogP contribution is 2.25. The number of aromatic nitrogens is 4. The summed E-state index contributed by atoms with van der Waals surface area (Å²) < 4.78 is 6.51. The summed E-state index contributed by atoms with van der Waals surface area (Å²) in [5.74, 6) is -1.08. The molecule has 0 saturated carbocycles. The summed E-state index contributed by atoms with van der Waals surface area (Å²) in [5.41, 5.74) is 3.84. The van der Waals surface area contributed by atoms with Crippen LogP contribution in [0.25, 0.3) is 10.9 Å². The second kappa shape index (κ2) is 7.92. The molecule has 1 fully saturated rings. The number of aromatic carboxylic acids is 1. The molecule has 4 rings (SSSR count). The van der Waals surface area contributed by atoms with Crippen molar-refractivity contribution in [3.05, 3.63) is 62.7 Å². The summed E-state index contributed by atoms with van der Waals surface area (Å²) in [6.45, 7) is 4.47. The van der Waals surface area contributed by atoms with Gasteiger partial charge in [-0.3, -0.25) is 4.79 Å². The Labute approximate surface area is 171 Å². The van der Waals surface area contributed by atoms with E-state index in [1.807, 2.05) is 19.9 Å². The molecule has 30 heavy (non-hydrogen) atoms. The van der Waals surface area contributed by atoms with Crippen molar-refractivity contribution >= 4 is 16.9 Å². The minimum absolute atomic E-state index is 0.0154. The lowest BCUT2D eigenvalue weighted by Crippen LogP contribution is -2.40. The Bertz CT molecular complexity index is 1170. The quantitative estimate of drug-likeness (QED) is 0.661. The van der Waals surface area contributed by atoms with E-state index < -0.39 is 18.1 Å². The molecule has 2 aromatic heterocycles. The molecule has 0 aliphatic carbocycles. The number of rotatable bonds is 4. The van der Waals surface area contributed by atoms with Crippen molar-refractivity contribution in [2.24, 2.45) is 0 Å². The number of aliphatic hydroxyl groups is 1. The van der Waals surface area contributed by atoms with Gasteiger partial charge >= 0.3 is 5.97 Å². The van der Waals surface area contributed by atoms with E-state index in [1.54, 1.807) is 6.07 Å². The van der Waals surface area contributed by atoms with Gasteiger partial charge in [-0.2, -0.15) is 0 Å². The maximum Gasteiger partial charge on any atom is 0.354 e. The summed E-state index contributed by atoms with van der Waals surface area (Å²) in [7, 11) is 0. The van der Waals surface area contributed by atoms with Crippen LogP contribution in [0.15, 0.2) is 29.2 Å². The van der Waals surface area contributed by atoms with Crippen molar-refractivity contribution in [1.29, 1.82) is 0 Å². The summed E-state index contributed by atoms with van der Waals surface area (Å²) in [6, 6.07) is 4.52. The Kier molecular flexibility index (Phi) is 5.31. The predicted octanol–water partition coefficient (Wildman–Crippen LogP) is 1.41. The molecular formula is C21H22N4O5. The number of nitrogens with zero attached hydrogens (tertiary/aromatic N) is 4. The lowest BCUT2D eigenvalue weighted by Gasteiger charge is -2.28. The van der Waals surface area contributed by atoms with Crippen LogP contribution >= 0.6 is 0 Å². The normalized spacial score (nSPS) is 19.2. The number of ether oxygens (including phenoxy) is 1. The van der Waals surface area contributed by atoms with E-state index in [2.05, 4.69) is 15.3 Å². The molecule has 3 aromatic rings. The second-order valence-electron chi connectivity index (χ2n) is 7.55. The first kappa shape index (κ1) is 20.1. The number of carboxylic acids is 1. The SMILES string of the molecule is Cc1c(Cc2ccc(C(=O)O)nc2)cc2c(=O)n([C@H]3CCOC[C@@H]3O)nnc2c1C. The highest BCUT2D eigenvalue weighted by atomic mass is 16.5. The minimum atomic E-state index is -1.08. The third kappa shape index (κ3) is 3.57. The zero-order chi connectivity index (χ0) is 21.4. The van der Waals surface area contributed by atoms with E-state index in [-0.39, 0.29) is 17.9 Å². The molecule has 0 radical (unpaired) electrons. The van der Waals surface area contributed by atoms with Crippen LogP contribution in [0, 0.1) is 13.8 Å². The molecule has 0 amide bonds. The number of benzene rings is 1. The van der Waals surface area contributed by atoms with Crippen LogP contribution in [0.5, 0.6) is 0 Å².